The van der Waals surface area contributed by atoms with E-state index in [2.05, 4.69) is 209 Å². The van der Waals surface area contributed by atoms with Crippen LogP contribution in [-0.4, -0.2) is 32.8 Å². The highest BCUT2D eigenvalue weighted by Gasteiger charge is 2.29. The van der Waals surface area contributed by atoms with Crippen LogP contribution in [0, 0.1) is 0 Å². The number of aromatic nitrogens is 2. The van der Waals surface area contributed by atoms with Crippen LogP contribution in [0.3, 0.4) is 0 Å². The molecule has 10 rings (SSSR count). The lowest BCUT2D eigenvalue weighted by molar-refractivity contribution is 0.382. The van der Waals surface area contributed by atoms with E-state index in [0.717, 1.165) is 56.3 Å². The molecular formula is C50H37N5. The van der Waals surface area contributed by atoms with Crippen molar-refractivity contribution in [1.82, 2.24) is 14.0 Å². The molecule has 2 aromatic heterocycles. The molecule has 0 spiro atoms. The molecule has 0 fully saturated rings. The van der Waals surface area contributed by atoms with Crippen molar-refractivity contribution in [2.24, 2.45) is 9.98 Å². The van der Waals surface area contributed by atoms with Gasteiger partial charge in [0.1, 0.15) is 5.84 Å². The van der Waals surface area contributed by atoms with Crippen LogP contribution in [0.25, 0.3) is 55.6 Å². The largest absolute Gasteiger partial charge is 0.333 e. The van der Waals surface area contributed by atoms with E-state index in [1.54, 1.807) is 0 Å². The second kappa shape index (κ2) is 13.6. The number of hydrogen-bond donors (Lipinski definition) is 0. The lowest BCUT2D eigenvalue weighted by Gasteiger charge is -2.32. The van der Waals surface area contributed by atoms with Crippen molar-refractivity contribution in [3.63, 3.8) is 0 Å². The van der Waals surface area contributed by atoms with Gasteiger partial charge in [0.25, 0.3) is 0 Å². The minimum absolute atomic E-state index is 0.254. The van der Waals surface area contributed by atoms with Gasteiger partial charge in [0.2, 0.25) is 0 Å². The van der Waals surface area contributed by atoms with Gasteiger partial charge < -0.3 is 14.0 Å². The fraction of sp³-hybridized carbons (Fsp3) is 0.0400. The van der Waals surface area contributed by atoms with Crippen LogP contribution < -0.4 is 0 Å². The number of rotatable bonds is 7. The zero-order valence-electron chi connectivity index (χ0n) is 30.4. The van der Waals surface area contributed by atoms with E-state index in [4.69, 9.17) is 9.98 Å². The third kappa shape index (κ3) is 5.65. The Morgan fingerprint density at radius 1 is 0.455 bits per heavy atom. The van der Waals surface area contributed by atoms with Crippen molar-refractivity contribution < 1.29 is 0 Å². The van der Waals surface area contributed by atoms with Gasteiger partial charge in [-0.05, 0) is 71.3 Å². The van der Waals surface area contributed by atoms with E-state index in [1.165, 1.54) is 21.9 Å². The van der Waals surface area contributed by atoms with E-state index in [-0.39, 0.29) is 6.17 Å². The van der Waals surface area contributed by atoms with Gasteiger partial charge in [0.05, 0.1) is 22.4 Å². The molecule has 262 valence electrons. The molecule has 7 aromatic carbocycles. The molecule has 0 bridgehead atoms. The summed E-state index contributed by atoms with van der Waals surface area (Å²) in [7, 11) is 2.08. The third-order valence-electron chi connectivity index (χ3n) is 10.6. The first-order valence-electron chi connectivity index (χ1n) is 18.7. The van der Waals surface area contributed by atoms with Gasteiger partial charge in [0.15, 0.2) is 12.0 Å². The number of aliphatic imine (C=N–C) groups is 2. The normalized spacial score (nSPS) is 14.3. The average molecular weight is 708 g/mol. The molecule has 0 N–H and O–H groups in total. The number of nitrogens with zero attached hydrogens (tertiary/aromatic N) is 5. The first-order chi connectivity index (χ1) is 27.2. The highest BCUT2D eigenvalue weighted by Crippen LogP contribution is 2.42. The minimum Gasteiger partial charge on any atom is -0.333 e. The van der Waals surface area contributed by atoms with Crippen molar-refractivity contribution in [2.75, 3.05) is 7.05 Å². The second-order valence-corrected chi connectivity index (χ2v) is 13.9. The SMILES string of the molecule is CN1C(c2ccccc2)=NC(c2ccc(-c3cccc4c3c3cc(-c5ccccc5)ccc3n4-c3ccccc3)n2-c2ccccc2)=NC1c1ccccc1. The van der Waals surface area contributed by atoms with Gasteiger partial charge >= 0.3 is 0 Å². The van der Waals surface area contributed by atoms with Crippen molar-refractivity contribution in [3.05, 3.63) is 217 Å². The van der Waals surface area contributed by atoms with Crippen molar-refractivity contribution in [1.29, 1.82) is 0 Å². The molecule has 5 nitrogen and oxygen atoms in total. The molecule has 1 atom stereocenters. The molecule has 0 aliphatic carbocycles. The lowest BCUT2D eigenvalue weighted by Crippen LogP contribution is -2.36. The van der Waals surface area contributed by atoms with E-state index in [1.807, 2.05) is 12.1 Å². The molecule has 5 heteroatoms. The standard InChI is InChI=1S/C50H37N5/c1-53-49(36-20-9-3-10-21-36)51-48(52-50(53)37-22-11-4-12-23-37)46-33-32-43(55(46)40-26-15-6-16-27-40)41-28-17-29-45-47(41)42-34-38(35-18-7-2-8-19-35)30-31-44(42)54(45)39-24-13-5-14-25-39/h2-34,49H,1H3. The summed E-state index contributed by atoms with van der Waals surface area (Å²) >= 11 is 0. The maximum atomic E-state index is 5.40. The fourth-order valence-corrected chi connectivity index (χ4v) is 8.05. The Balaban J connectivity index is 1.25. The van der Waals surface area contributed by atoms with Crippen LogP contribution in [-0.2, 0) is 0 Å². The summed E-state index contributed by atoms with van der Waals surface area (Å²) in [5.74, 6) is 1.56. The van der Waals surface area contributed by atoms with Crippen LogP contribution in [0.4, 0.5) is 0 Å². The quantitative estimate of drug-likeness (QED) is 0.162. The summed E-state index contributed by atoms with van der Waals surface area (Å²) in [5.41, 5.74) is 12.1. The minimum atomic E-state index is -0.254. The summed E-state index contributed by atoms with van der Waals surface area (Å²) in [4.78, 5) is 12.9. The molecule has 0 amide bonds. The summed E-state index contributed by atoms with van der Waals surface area (Å²) in [6.45, 7) is 0. The highest BCUT2D eigenvalue weighted by molar-refractivity contribution is 6.17. The zero-order valence-corrected chi connectivity index (χ0v) is 30.4. The van der Waals surface area contributed by atoms with E-state index >= 15 is 0 Å². The topological polar surface area (TPSA) is 37.8 Å². The smallest absolute Gasteiger partial charge is 0.176 e. The number of benzene rings is 7. The monoisotopic (exact) mass is 707 g/mol. The molecule has 3 heterocycles. The van der Waals surface area contributed by atoms with Crippen LogP contribution in [0.2, 0.25) is 0 Å². The van der Waals surface area contributed by atoms with Gasteiger partial charge in [-0.15, -0.1) is 0 Å². The van der Waals surface area contributed by atoms with Gasteiger partial charge in [0, 0.05) is 40.3 Å². The van der Waals surface area contributed by atoms with Crippen LogP contribution in [0.5, 0.6) is 0 Å². The van der Waals surface area contributed by atoms with Crippen molar-refractivity contribution >= 4 is 33.5 Å². The predicted octanol–water partition coefficient (Wildman–Crippen LogP) is 11.7. The first-order valence-corrected chi connectivity index (χ1v) is 18.7. The van der Waals surface area contributed by atoms with Crippen LogP contribution >= 0.6 is 0 Å². The fourth-order valence-electron chi connectivity index (χ4n) is 8.05. The van der Waals surface area contributed by atoms with Gasteiger partial charge in [-0.2, -0.15) is 0 Å². The third-order valence-corrected chi connectivity index (χ3v) is 10.6. The van der Waals surface area contributed by atoms with Gasteiger partial charge in [-0.3, -0.25) is 0 Å². The maximum absolute atomic E-state index is 5.40. The molecule has 1 aliphatic heterocycles. The Bertz CT molecular complexity index is 2850. The molecular weight excluding hydrogens is 671 g/mol. The van der Waals surface area contributed by atoms with Gasteiger partial charge in [-0.1, -0.05) is 146 Å². The van der Waals surface area contributed by atoms with E-state index < -0.39 is 0 Å². The molecule has 1 aliphatic rings. The van der Waals surface area contributed by atoms with Gasteiger partial charge in [-0.25, -0.2) is 9.98 Å². The zero-order chi connectivity index (χ0) is 36.7. The first kappa shape index (κ1) is 32.4. The second-order valence-electron chi connectivity index (χ2n) is 13.9. The predicted molar refractivity (Wildman–Crippen MR) is 227 cm³/mol. The van der Waals surface area contributed by atoms with Crippen molar-refractivity contribution in [2.45, 2.75) is 6.17 Å². The molecule has 9 aromatic rings. The van der Waals surface area contributed by atoms with E-state index in [9.17, 15) is 0 Å². The highest BCUT2D eigenvalue weighted by atomic mass is 15.3. The molecule has 0 saturated heterocycles. The van der Waals surface area contributed by atoms with Crippen molar-refractivity contribution in [3.8, 4) is 33.8 Å². The Labute approximate surface area is 320 Å². The molecule has 55 heavy (non-hydrogen) atoms. The molecule has 0 radical (unpaired) electrons. The summed E-state index contributed by atoms with van der Waals surface area (Å²) in [5, 5.41) is 2.39. The summed E-state index contributed by atoms with van der Waals surface area (Å²) < 4.78 is 4.72. The number of hydrogen-bond acceptors (Lipinski definition) is 3. The Kier molecular flexibility index (Phi) is 8.03. The number of fused-ring (bicyclic) bond motifs is 3. The lowest BCUT2D eigenvalue weighted by atomic mass is 9.99. The Morgan fingerprint density at radius 2 is 1.04 bits per heavy atom. The summed E-state index contributed by atoms with van der Waals surface area (Å²) in [6.07, 6.45) is -0.254. The molecule has 0 saturated carbocycles. The Morgan fingerprint density at radius 3 is 1.71 bits per heavy atom. The maximum Gasteiger partial charge on any atom is 0.176 e. The summed E-state index contributed by atoms with van der Waals surface area (Å²) in [6, 6.07) is 70.8. The Hall–Kier alpha value is -7.24. The number of para-hydroxylation sites is 2. The van der Waals surface area contributed by atoms with E-state index in [0.29, 0.717) is 5.84 Å². The molecule has 1 unspecified atom stereocenters. The van der Waals surface area contributed by atoms with Crippen LogP contribution in [0.1, 0.15) is 23.0 Å². The average Bonchev–Trinajstić information content (AvgIpc) is 3.85. The number of amidine groups is 2. The van der Waals surface area contributed by atoms with Crippen LogP contribution in [0.15, 0.2) is 210 Å².